The van der Waals surface area contributed by atoms with Crippen molar-refractivity contribution >= 4 is 38.3 Å². The first kappa shape index (κ1) is 18.6. The quantitative estimate of drug-likeness (QED) is 0.493. The molecule has 0 bridgehead atoms. The first-order chi connectivity index (χ1) is 12.7. The van der Waals surface area contributed by atoms with Crippen LogP contribution >= 0.6 is 27.3 Å². The van der Waals surface area contributed by atoms with E-state index in [9.17, 15) is 4.79 Å². The molecule has 134 valence electrons. The molecule has 1 amide bonds. The number of nitrogens with zero attached hydrogens (tertiary/aromatic N) is 1. The standard InChI is InChI=1S/C20H19BrN2O2S/c21-16-8-10-17(11-9-16)25-12-4-7-19(24)23-20-22-14-18(26-20)13-15-5-2-1-3-6-15/h1-3,5-6,8-11,14H,4,7,12-13H2,(H,22,23,24). The van der Waals surface area contributed by atoms with Crippen LogP contribution in [0.25, 0.3) is 0 Å². The molecular weight excluding hydrogens is 412 g/mol. The topological polar surface area (TPSA) is 51.2 Å². The van der Waals surface area contributed by atoms with E-state index in [0.717, 1.165) is 21.5 Å². The molecule has 0 aliphatic heterocycles. The third-order valence-electron chi connectivity index (χ3n) is 3.65. The van der Waals surface area contributed by atoms with Gasteiger partial charge in [-0.25, -0.2) is 4.98 Å². The smallest absolute Gasteiger partial charge is 0.226 e. The Morgan fingerprint density at radius 1 is 1.12 bits per heavy atom. The minimum atomic E-state index is -0.0370. The summed E-state index contributed by atoms with van der Waals surface area (Å²) in [5, 5.41) is 3.51. The maximum atomic E-state index is 12.0. The highest BCUT2D eigenvalue weighted by molar-refractivity contribution is 9.10. The molecule has 2 aromatic carbocycles. The van der Waals surface area contributed by atoms with E-state index in [1.54, 1.807) is 0 Å². The summed E-state index contributed by atoms with van der Waals surface area (Å²) < 4.78 is 6.63. The Kier molecular flexibility index (Phi) is 6.80. The first-order valence-corrected chi connectivity index (χ1v) is 9.97. The maximum Gasteiger partial charge on any atom is 0.226 e. The molecule has 0 atom stereocenters. The summed E-state index contributed by atoms with van der Waals surface area (Å²) in [5.74, 6) is 0.768. The van der Waals surface area contributed by atoms with Crippen molar-refractivity contribution in [3.63, 3.8) is 0 Å². The average Bonchev–Trinajstić information content (AvgIpc) is 3.08. The van der Waals surface area contributed by atoms with Crippen molar-refractivity contribution in [2.45, 2.75) is 19.3 Å². The molecule has 0 saturated heterocycles. The van der Waals surface area contributed by atoms with Crippen LogP contribution in [0, 0.1) is 0 Å². The molecule has 0 spiro atoms. The molecule has 0 saturated carbocycles. The Labute approximate surface area is 165 Å². The number of aromatic nitrogens is 1. The van der Waals surface area contributed by atoms with Gasteiger partial charge in [0.2, 0.25) is 5.91 Å². The lowest BCUT2D eigenvalue weighted by Crippen LogP contribution is -2.12. The number of hydrogen-bond donors (Lipinski definition) is 1. The molecule has 3 rings (SSSR count). The molecule has 0 radical (unpaired) electrons. The summed E-state index contributed by atoms with van der Waals surface area (Å²) in [6.45, 7) is 0.506. The number of nitrogens with one attached hydrogen (secondary N) is 1. The van der Waals surface area contributed by atoms with Gasteiger partial charge in [-0.15, -0.1) is 11.3 Å². The molecule has 6 heteroatoms. The zero-order valence-corrected chi connectivity index (χ0v) is 16.6. The summed E-state index contributed by atoms with van der Waals surface area (Å²) in [5.41, 5.74) is 1.24. The number of benzene rings is 2. The van der Waals surface area contributed by atoms with Gasteiger partial charge in [0.1, 0.15) is 5.75 Å². The lowest BCUT2D eigenvalue weighted by Gasteiger charge is -2.06. The highest BCUT2D eigenvalue weighted by atomic mass is 79.9. The van der Waals surface area contributed by atoms with E-state index in [1.165, 1.54) is 16.9 Å². The van der Waals surface area contributed by atoms with E-state index in [-0.39, 0.29) is 5.91 Å². The van der Waals surface area contributed by atoms with Gasteiger partial charge in [-0.1, -0.05) is 46.3 Å². The molecule has 3 aromatic rings. The van der Waals surface area contributed by atoms with Gasteiger partial charge in [-0.3, -0.25) is 4.79 Å². The summed E-state index contributed by atoms with van der Waals surface area (Å²) in [4.78, 5) is 17.4. The van der Waals surface area contributed by atoms with Crippen LogP contribution in [0.2, 0.25) is 0 Å². The Morgan fingerprint density at radius 3 is 2.65 bits per heavy atom. The molecule has 0 aliphatic carbocycles. The van der Waals surface area contributed by atoms with Crippen molar-refractivity contribution in [2.24, 2.45) is 0 Å². The Bertz CT molecular complexity index is 835. The molecule has 0 fully saturated rings. The van der Waals surface area contributed by atoms with E-state index < -0.39 is 0 Å². The first-order valence-electron chi connectivity index (χ1n) is 8.36. The van der Waals surface area contributed by atoms with E-state index in [1.807, 2.05) is 48.7 Å². The van der Waals surface area contributed by atoms with Gasteiger partial charge in [0, 0.05) is 28.4 Å². The summed E-state index contributed by atoms with van der Waals surface area (Å²) in [6.07, 6.45) is 3.72. The van der Waals surface area contributed by atoms with Crippen molar-refractivity contribution in [2.75, 3.05) is 11.9 Å². The van der Waals surface area contributed by atoms with Gasteiger partial charge in [-0.05, 0) is 36.2 Å². The number of carbonyl (C=O) groups is 1. The normalized spacial score (nSPS) is 10.5. The fourth-order valence-corrected chi connectivity index (χ4v) is 3.51. The van der Waals surface area contributed by atoms with Crippen molar-refractivity contribution in [3.05, 3.63) is 75.7 Å². The Hall–Kier alpha value is -2.18. The van der Waals surface area contributed by atoms with Crippen LogP contribution in [0.4, 0.5) is 5.13 Å². The van der Waals surface area contributed by atoms with Crippen LogP contribution in [0.1, 0.15) is 23.3 Å². The highest BCUT2D eigenvalue weighted by Crippen LogP contribution is 2.21. The van der Waals surface area contributed by atoms with Crippen LogP contribution in [0.15, 0.2) is 65.3 Å². The van der Waals surface area contributed by atoms with Crippen LogP contribution in [-0.4, -0.2) is 17.5 Å². The van der Waals surface area contributed by atoms with Crippen LogP contribution in [-0.2, 0) is 11.2 Å². The molecule has 26 heavy (non-hydrogen) atoms. The molecule has 0 aliphatic rings. The van der Waals surface area contributed by atoms with E-state index >= 15 is 0 Å². The number of ether oxygens (including phenoxy) is 1. The van der Waals surface area contributed by atoms with Gasteiger partial charge in [0.15, 0.2) is 5.13 Å². The zero-order chi connectivity index (χ0) is 18.2. The number of thiazole rings is 1. The van der Waals surface area contributed by atoms with Gasteiger partial charge in [-0.2, -0.15) is 0 Å². The SMILES string of the molecule is O=C(CCCOc1ccc(Br)cc1)Nc1ncc(Cc2ccccc2)s1. The largest absolute Gasteiger partial charge is 0.494 e. The minimum absolute atomic E-state index is 0.0370. The third-order valence-corrected chi connectivity index (χ3v) is 5.09. The van der Waals surface area contributed by atoms with Gasteiger partial charge in [0.05, 0.1) is 6.61 Å². The highest BCUT2D eigenvalue weighted by Gasteiger charge is 2.07. The maximum absolute atomic E-state index is 12.0. The fourth-order valence-electron chi connectivity index (χ4n) is 2.38. The second kappa shape index (κ2) is 9.50. The third kappa shape index (κ3) is 5.97. The van der Waals surface area contributed by atoms with Crippen LogP contribution in [0.3, 0.4) is 0 Å². The second-order valence-corrected chi connectivity index (χ2v) is 7.78. The molecule has 0 unspecified atom stereocenters. The van der Waals surface area contributed by atoms with E-state index in [0.29, 0.717) is 24.6 Å². The lowest BCUT2D eigenvalue weighted by molar-refractivity contribution is -0.116. The molecule has 4 nitrogen and oxygen atoms in total. The van der Waals surface area contributed by atoms with Gasteiger partial charge < -0.3 is 10.1 Å². The molecule has 1 N–H and O–H groups in total. The summed E-state index contributed by atoms with van der Waals surface area (Å²) in [7, 11) is 0. The molecule has 1 aromatic heterocycles. The summed E-state index contributed by atoms with van der Waals surface area (Å²) >= 11 is 4.90. The molecule has 1 heterocycles. The Balaban J connectivity index is 1.39. The minimum Gasteiger partial charge on any atom is -0.494 e. The van der Waals surface area contributed by atoms with E-state index in [2.05, 4.69) is 38.4 Å². The second-order valence-electron chi connectivity index (χ2n) is 5.75. The number of halogens is 1. The van der Waals surface area contributed by atoms with E-state index in [4.69, 9.17) is 4.74 Å². The number of hydrogen-bond acceptors (Lipinski definition) is 4. The predicted molar refractivity (Wildman–Crippen MR) is 109 cm³/mol. The monoisotopic (exact) mass is 430 g/mol. The fraction of sp³-hybridized carbons (Fsp3) is 0.200. The molecular formula is C20H19BrN2O2S. The van der Waals surface area contributed by atoms with Crippen molar-refractivity contribution in [3.8, 4) is 5.75 Å². The summed E-state index contributed by atoms with van der Waals surface area (Å²) in [6, 6.07) is 17.9. The average molecular weight is 431 g/mol. The Morgan fingerprint density at radius 2 is 1.88 bits per heavy atom. The van der Waals surface area contributed by atoms with Crippen LogP contribution in [0.5, 0.6) is 5.75 Å². The number of rotatable bonds is 8. The zero-order valence-electron chi connectivity index (χ0n) is 14.2. The van der Waals surface area contributed by atoms with Crippen molar-refractivity contribution < 1.29 is 9.53 Å². The number of carbonyl (C=O) groups excluding carboxylic acids is 1. The number of amides is 1. The predicted octanol–water partition coefficient (Wildman–Crippen LogP) is 5.29. The van der Waals surface area contributed by atoms with Crippen LogP contribution < -0.4 is 10.1 Å². The van der Waals surface area contributed by atoms with Crippen molar-refractivity contribution in [1.82, 2.24) is 4.98 Å². The van der Waals surface area contributed by atoms with Crippen molar-refractivity contribution in [1.29, 1.82) is 0 Å². The van der Waals surface area contributed by atoms with Gasteiger partial charge in [0.25, 0.3) is 0 Å². The number of anilines is 1. The van der Waals surface area contributed by atoms with Gasteiger partial charge >= 0.3 is 0 Å². The lowest BCUT2D eigenvalue weighted by atomic mass is 10.1.